The Labute approximate surface area is 223 Å². The van der Waals surface area contributed by atoms with Gasteiger partial charge in [-0.05, 0) is 43.8 Å². The number of rotatable bonds is 6. The van der Waals surface area contributed by atoms with Crippen molar-refractivity contribution in [2.45, 2.75) is 25.8 Å². The van der Waals surface area contributed by atoms with E-state index in [-0.39, 0.29) is 35.0 Å². The van der Waals surface area contributed by atoms with E-state index in [1.165, 1.54) is 31.3 Å². The van der Waals surface area contributed by atoms with Crippen molar-refractivity contribution < 1.29 is 31.9 Å². The molecule has 0 saturated carbocycles. The Bertz CT molecular complexity index is 1270. The molecule has 39 heavy (non-hydrogen) atoms. The molecule has 3 atom stereocenters. The fourth-order valence-electron chi connectivity index (χ4n) is 5.00. The summed E-state index contributed by atoms with van der Waals surface area (Å²) in [7, 11) is 3.31. The van der Waals surface area contributed by atoms with E-state index in [0.717, 1.165) is 6.07 Å². The molecular formula is C27H31F4N5O3. The van der Waals surface area contributed by atoms with Gasteiger partial charge in [0.25, 0.3) is 5.91 Å². The lowest BCUT2D eigenvalue weighted by Gasteiger charge is -2.40. The normalized spacial score (nSPS) is 22.0. The molecule has 3 N–H and O–H groups in total. The first-order valence-corrected chi connectivity index (χ1v) is 12.7. The molecule has 0 spiro atoms. The van der Waals surface area contributed by atoms with Crippen LogP contribution in [-0.2, 0) is 9.59 Å². The van der Waals surface area contributed by atoms with Gasteiger partial charge in [-0.25, -0.2) is 17.6 Å². The average Bonchev–Trinajstić information content (AvgIpc) is 2.90. The minimum Gasteiger partial charge on any atom is -0.367 e. The van der Waals surface area contributed by atoms with Crippen LogP contribution in [0.3, 0.4) is 0 Å². The first kappa shape index (κ1) is 28.3. The van der Waals surface area contributed by atoms with Gasteiger partial charge in [0.15, 0.2) is 0 Å². The molecule has 0 radical (unpaired) electrons. The number of amides is 3. The van der Waals surface area contributed by atoms with Gasteiger partial charge in [0.1, 0.15) is 11.6 Å². The Hall–Kier alpha value is -3.67. The van der Waals surface area contributed by atoms with Gasteiger partial charge in [-0.2, -0.15) is 0 Å². The quantitative estimate of drug-likeness (QED) is 0.482. The highest BCUT2D eigenvalue weighted by atomic mass is 19.3. The van der Waals surface area contributed by atoms with Crippen LogP contribution in [0.25, 0.3) is 11.1 Å². The summed E-state index contributed by atoms with van der Waals surface area (Å²) in [5.41, 5.74) is 0.450. The predicted octanol–water partition coefficient (Wildman–Crippen LogP) is 3.09. The molecule has 0 aromatic heterocycles. The van der Waals surface area contributed by atoms with Crippen molar-refractivity contribution in [2.24, 2.45) is 11.8 Å². The zero-order chi connectivity index (χ0) is 28.4. The molecule has 4 rings (SSSR count). The van der Waals surface area contributed by atoms with Crippen LogP contribution in [0.5, 0.6) is 0 Å². The molecule has 0 bridgehead atoms. The summed E-state index contributed by atoms with van der Waals surface area (Å²) in [6.45, 7) is 3.48. The van der Waals surface area contributed by atoms with Crippen molar-refractivity contribution in [3.8, 4) is 11.1 Å². The number of hydrogen-bond acceptors (Lipinski definition) is 5. The molecule has 2 aliphatic heterocycles. The van der Waals surface area contributed by atoms with Gasteiger partial charge in [0, 0.05) is 57.2 Å². The number of carbonyl (C=O) groups excluding carboxylic acids is 3. The van der Waals surface area contributed by atoms with Gasteiger partial charge < -0.3 is 25.8 Å². The van der Waals surface area contributed by atoms with Crippen LogP contribution in [0.1, 0.15) is 23.7 Å². The lowest BCUT2D eigenvalue weighted by molar-refractivity contribution is -0.133. The van der Waals surface area contributed by atoms with Crippen LogP contribution in [0.4, 0.5) is 28.9 Å². The van der Waals surface area contributed by atoms with E-state index in [2.05, 4.69) is 20.9 Å². The summed E-state index contributed by atoms with van der Waals surface area (Å²) >= 11 is 0. The number of carbonyl (C=O) groups is 3. The van der Waals surface area contributed by atoms with Crippen LogP contribution >= 0.6 is 0 Å². The number of anilines is 2. The molecule has 2 aromatic rings. The molecule has 0 aliphatic carbocycles. The number of nitrogens with zero attached hydrogens (tertiary/aromatic N) is 2. The molecule has 2 saturated heterocycles. The molecular weight excluding hydrogens is 518 g/mol. The minimum atomic E-state index is -2.88. The molecule has 2 unspecified atom stereocenters. The largest absolute Gasteiger partial charge is 0.367 e. The fraction of sp³-hybridized carbons (Fsp3) is 0.444. The monoisotopic (exact) mass is 549 g/mol. The average molecular weight is 550 g/mol. The topological polar surface area (TPSA) is 93.8 Å². The Morgan fingerprint density at radius 1 is 1.10 bits per heavy atom. The number of nitrogens with one attached hydrogen (secondary N) is 3. The molecule has 2 aromatic carbocycles. The van der Waals surface area contributed by atoms with Crippen LogP contribution in [0.15, 0.2) is 30.3 Å². The number of hydrogen-bond donors (Lipinski definition) is 3. The van der Waals surface area contributed by atoms with Crippen LogP contribution in [0.2, 0.25) is 0 Å². The van der Waals surface area contributed by atoms with Crippen LogP contribution in [0, 0.1) is 23.5 Å². The summed E-state index contributed by atoms with van der Waals surface area (Å²) in [4.78, 5) is 41.1. The second-order valence-corrected chi connectivity index (χ2v) is 10.0. The number of piperazine rings is 1. The third kappa shape index (κ3) is 6.00. The second-order valence-electron chi connectivity index (χ2n) is 10.0. The van der Waals surface area contributed by atoms with Gasteiger partial charge in [0.2, 0.25) is 18.2 Å². The highest BCUT2D eigenvalue weighted by Gasteiger charge is 2.40. The molecule has 8 nitrogen and oxygen atoms in total. The van der Waals surface area contributed by atoms with E-state index in [1.54, 1.807) is 0 Å². The second kappa shape index (κ2) is 11.6. The van der Waals surface area contributed by atoms with Gasteiger partial charge >= 0.3 is 0 Å². The maximum atomic E-state index is 15.6. The van der Waals surface area contributed by atoms with Crippen molar-refractivity contribution in [1.29, 1.82) is 0 Å². The summed E-state index contributed by atoms with van der Waals surface area (Å²) in [6, 6.07) is 6.30. The number of likely N-dealkylation sites (N-methyl/N-ethyl adjacent to an activating group) is 1. The molecule has 2 aliphatic rings. The van der Waals surface area contributed by atoms with Crippen LogP contribution in [-0.4, -0.2) is 75.4 Å². The van der Waals surface area contributed by atoms with Crippen LogP contribution < -0.4 is 20.9 Å². The van der Waals surface area contributed by atoms with E-state index in [0.29, 0.717) is 25.3 Å². The van der Waals surface area contributed by atoms with Gasteiger partial charge in [-0.3, -0.25) is 14.4 Å². The maximum absolute atomic E-state index is 15.6. The summed E-state index contributed by atoms with van der Waals surface area (Å²) in [5, 5.41) is 7.50. The van der Waals surface area contributed by atoms with E-state index < -0.39 is 54.0 Å². The molecule has 12 heteroatoms. The zero-order valence-electron chi connectivity index (χ0n) is 21.9. The van der Waals surface area contributed by atoms with Crippen molar-refractivity contribution in [3.05, 3.63) is 47.5 Å². The predicted molar refractivity (Wildman–Crippen MR) is 139 cm³/mol. The third-order valence-electron chi connectivity index (χ3n) is 7.51. The van der Waals surface area contributed by atoms with E-state index in [9.17, 15) is 27.6 Å². The van der Waals surface area contributed by atoms with Gasteiger partial charge in [0.05, 0.1) is 22.9 Å². The van der Waals surface area contributed by atoms with E-state index in [4.69, 9.17) is 0 Å². The Kier molecular flexibility index (Phi) is 8.43. The Balaban J connectivity index is 1.76. The van der Waals surface area contributed by atoms with Gasteiger partial charge in [-0.15, -0.1) is 0 Å². The van der Waals surface area contributed by atoms with E-state index >= 15 is 4.39 Å². The van der Waals surface area contributed by atoms with Crippen molar-refractivity contribution in [2.75, 3.05) is 50.5 Å². The standard InChI is InChI=1S/C27H31F4N5O3/c1-14-13-36(7-6-35(14)3)23-11-21(29)16(15-4-5-20(28)18(8-15)26(38)32-2)9-22(23)34-27(39)19-12-33-24(37)10-17(19)25(30)31/h4-5,8-9,11,14,17,19,25H,6-7,10,12-13H2,1-3H3,(H,32,38)(H,33,37)(H,34,39)/t14-,17?,19?/m0/s1. The molecule has 3 amide bonds. The SMILES string of the molecule is CNC(=O)c1cc(-c2cc(NC(=O)C3CNC(=O)CC3C(F)F)c(N3CCN(C)[C@@H](C)C3)cc2F)ccc1F. The highest BCUT2D eigenvalue weighted by Crippen LogP contribution is 2.37. The number of halogens is 4. The lowest BCUT2D eigenvalue weighted by atomic mass is 9.85. The smallest absolute Gasteiger partial charge is 0.254 e. The van der Waals surface area contributed by atoms with Crippen molar-refractivity contribution in [1.82, 2.24) is 15.5 Å². The van der Waals surface area contributed by atoms with Gasteiger partial charge in [-0.1, -0.05) is 6.07 Å². The minimum absolute atomic E-state index is 0.0104. The Morgan fingerprint density at radius 3 is 2.51 bits per heavy atom. The summed E-state index contributed by atoms with van der Waals surface area (Å²) in [6.07, 6.45) is -3.36. The summed E-state index contributed by atoms with van der Waals surface area (Å²) < 4.78 is 57.3. The first-order chi connectivity index (χ1) is 18.5. The Morgan fingerprint density at radius 2 is 1.85 bits per heavy atom. The molecule has 2 fully saturated rings. The maximum Gasteiger partial charge on any atom is 0.254 e. The summed E-state index contributed by atoms with van der Waals surface area (Å²) in [5.74, 6) is -6.08. The fourth-order valence-corrected chi connectivity index (χ4v) is 5.00. The third-order valence-corrected chi connectivity index (χ3v) is 7.51. The molecule has 2 heterocycles. The van der Waals surface area contributed by atoms with E-state index in [1.807, 2.05) is 18.9 Å². The number of alkyl halides is 2. The molecule has 210 valence electrons. The zero-order valence-corrected chi connectivity index (χ0v) is 21.9. The lowest BCUT2D eigenvalue weighted by Crippen LogP contribution is -2.50. The number of piperidine rings is 1. The van der Waals surface area contributed by atoms with Crippen molar-refractivity contribution >= 4 is 29.1 Å². The highest BCUT2D eigenvalue weighted by molar-refractivity contribution is 5.99. The van der Waals surface area contributed by atoms with Crippen molar-refractivity contribution in [3.63, 3.8) is 0 Å². The first-order valence-electron chi connectivity index (χ1n) is 12.7. The number of benzene rings is 2.